The summed E-state index contributed by atoms with van der Waals surface area (Å²) in [7, 11) is -3.29. The Labute approximate surface area is 150 Å². The van der Waals surface area contributed by atoms with Gasteiger partial charge in [0.2, 0.25) is 10.0 Å². The van der Waals surface area contributed by atoms with E-state index in [0.717, 1.165) is 16.9 Å². The highest BCUT2D eigenvalue weighted by Gasteiger charge is 2.09. The van der Waals surface area contributed by atoms with Crippen molar-refractivity contribution in [3.8, 4) is 5.75 Å². The molecule has 0 aliphatic rings. The molecular formula is C19H26N2O3S. The summed E-state index contributed by atoms with van der Waals surface area (Å²) in [6, 6.07) is 17.3. The number of sulfonamides is 1. The second kappa shape index (κ2) is 9.56. The zero-order valence-electron chi connectivity index (χ0n) is 14.7. The van der Waals surface area contributed by atoms with Gasteiger partial charge in [0.15, 0.2) is 0 Å². The molecule has 0 aliphatic heterocycles. The molecule has 136 valence electrons. The van der Waals surface area contributed by atoms with Crippen LogP contribution in [-0.4, -0.2) is 26.8 Å². The van der Waals surface area contributed by atoms with E-state index in [2.05, 4.69) is 10.0 Å². The molecule has 5 nitrogen and oxygen atoms in total. The molecule has 0 aromatic heterocycles. The maximum absolute atomic E-state index is 12.0. The number of benzene rings is 2. The lowest BCUT2D eigenvalue weighted by Gasteiger charge is -2.11. The van der Waals surface area contributed by atoms with Crippen molar-refractivity contribution in [2.45, 2.75) is 33.0 Å². The monoisotopic (exact) mass is 362 g/mol. The van der Waals surface area contributed by atoms with Gasteiger partial charge in [0.25, 0.3) is 0 Å². The van der Waals surface area contributed by atoms with Crippen molar-refractivity contribution in [3.63, 3.8) is 0 Å². The van der Waals surface area contributed by atoms with Crippen molar-refractivity contribution >= 4 is 10.0 Å². The third kappa shape index (κ3) is 7.69. The molecule has 2 rings (SSSR count). The van der Waals surface area contributed by atoms with Crippen molar-refractivity contribution in [2.75, 3.05) is 12.3 Å². The van der Waals surface area contributed by atoms with Crippen molar-refractivity contribution in [2.24, 2.45) is 0 Å². The Balaban J connectivity index is 1.69. The predicted molar refractivity (Wildman–Crippen MR) is 101 cm³/mol. The molecule has 6 heteroatoms. The van der Waals surface area contributed by atoms with E-state index in [1.165, 1.54) is 0 Å². The highest BCUT2D eigenvalue weighted by Crippen LogP contribution is 2.13. The van der Waals surface area contributed by atoms with Crippen molar-refractivity contribution in [1.82, 2.24) is 10.0 Å². The van der Waals surface area contributed by atoms with Crippen LogP contribution in [0.2, 0.25) is 0 Å². The Morgan fingerprint density at radius 1 is 0.920 bits per heavy atom. The van der Waals surface area contributed by atoms with E-state index < -0.39 is 10.0 Å². The molecule has 0 fully saturated rings. The van der Waals surface area contributed by atoms with E-state index >= 15 is 0 Å². The van der Waals surface area contributed by atoms with Gasteiger partial charge in [-0.3, -0.25) is 0 Å². The zero-order chi connectivity index (χ0) is 18.1. The van der Waals surface area contributed by atoms with E-state index in [1.54, 1.807) is 0 Å². The van der Waals surface area contributed by atoms with E-state index in [4.69, 9.17) is 4.74 Å². The first-order valence-corrected chi connectivity index (χ1v) is 10.1. The highest BCUT2D eigenvalue weighted by molar-refractivity contribution is 7.89. The maximum atomic E-state index is 12.0. The van der Waals surface area contributed by atoms with Crippen LogP contribution < -0.4 is 14.8 Å². The van der Waals surface area contributed by atoms with Gasteiger partial charge in [0.1, 0.15) is 5.75 Å². The van der Waals surface area contributed by atoms with Gasteiger partial charge in [0.05, 0.1) is 11.9 Å². The largest absolute Gasteiger partial charge is 0.491 e. The van der Waals surface area contributed by atoms with Crippen molar-refractivity contribution in [3.05, 3.63) is 65.7 Å². The van der Waals surface area contributed by atoms with Crippen LogP contribution in [-0.2, 0) is 23.1 Å². The molecule has 0 saturated carbocycles. The first-order chi connectivity index (χ1) is 11.9. The Hall–Kier alpha value is -1.89. The molecule has 25 heavy (non-hydrogen) atoms. The van der Waals surface area contributed by atoms with Crippen LogP contribution in [0.25, 0.3) is 0 Å². The molecule has 0 aliphatic carbocycles. The van der Waals surface area contributed by atoms with E-state index in [0.29, 0.717) is 19.6 Å². The molecule has 0 radical (unpaired) electrons. The first kappa shape index (κ1) is 19.4. The molecule has 0 unspecified atom stereocenters. The Morgan fingerprint density at radius 2 is 1.56 bits per heavy atom. The summed E-state index contributed by atoms with van der Waals surface area (Å²) in [6.07, 6.45) is 0.151. The van der Waals surface area contributed by atoms with Crippen LogP contribution in [0, 0.1) is 0 Å². The summed E-state index contributed by atoms with van der Waals surface area (Å²) in [5.41, 5.74) is 2.04. The van der Waals surface area contributed by atoms with Crippen LogP contribution in [0.15, 0.2) is 54.6 Å². The van der Waals surface area contributed by atoms with Crippen molar-refractivity contribution in [1.29, 1.82) is 0 Å². The van der Waals surface area contributed by atoms with Crippen LogP contribution in [0.5, 0.6) is 5.75 Å². The molecule has 0 bridgehead atoms. The summed E-state index contributed by atoms with van der Waals surface area (Å²) in [6.45, 7) is 5.31. The van der Waals surface area contributed by atoms with Gasteiger partial charge >= 0.3 is 0 Å². The molecule has 2 N–H and O–H groups in total. The fourth-order valence-electron chi connectivity index (χ4n) is 2.26. The van der Waals surface area contributed by atoms with Crippen LogP contribution in [0.4, 0.5) is 0 Å². The molecule has 2 aromatic rings. The molecule has 2 aromatic carbocycles. The number of rotatable bonds is 10. The molecule has 0 spiro atoms. The fourth-order valence-corrected chi connectivity index (χ4v) is 3.20. The quantitative estimate of drug-likeness (QED) is 0.638. The summed E-state index contributed by atoms with van der Waals surface area (Å²) >= 11 is 0. The van der Waals surface area contributed by atoms with Crippen molar-refractivity contribution < 1.29 is 13.2 Å². The zero-order valence-corrected chi connectivity index (χ0v) is 15.6. The molecular weight excluding hydrogens is 336 g/mol. The Bertz CT molecular complexity index is 729. The lowest BCUT2D eigenvalue weighted by atomic mass is 10.2. The van der Waals surface area contributed by atoms with Crippen LogP contribution >= 0.6 is 0 Å². The molecule has 0 saturated heterocycles. The number of ether oxygens (including phenoxy) is 1. The smallest absolute Gasteiger partial charge is 0.213 e. The van der Waals surface area contributed by atoms with E-state index in [1.807, 2.05) is 68.4 Å². The van der Waals surface area contributed by atoms with Gasteiger partial charge in [-0.15, -0.1) is 0 Å². The van der Waals surface area contributed by atoms with Gasteiger partial charge in [-0.1, -0.05) is 42.5 Å². The normalized spacial score (nSPS) is 11.6. The lowest BCUT2D eigenvalue weighted by molar-refractivity contribution is 0.242. The third-order valence-corrected chi connectivity index (χ3v) is 4.84. The minimum Gasteiger partial charge on any atom is -0.491 e. The third-order valence-electron chi connectivity index (χ3n) is 3.51. The van der Waals surface area contributed by atoms with Gasteiger partial charge in [0, 0.05) is 19.6 Å². The summed E-state index contributed by atoms with van der Waals surface area (Å²) < 4.78 is 32.2. The fraction of sp³-hybridized carbons (Fsp3) is 0.368. The molecule has 0 amide bonds. The average molecular weight is 362 g/mol. The second-order valence-electron chi connectivity index (χ2n) is 6.11. The predicted octanol–water partition coefficient (Wildman–Crippen LogP) is 2.68. The minimum atomic E-state index is -3.29. The summed E-state index contributed by atoms with van der Waals surface area (Å²) in [5, 5.41) is 3.16. The van der Waals surface area contributed by atoms with Gasteiger partial charge in [-0.25, -0.2) is 13.1 Å². The topological polar surface area (TPSA) is 67.4 Å². The van der Waals surface area contributed by atoms with Gasteiger partial charge < -0.3 is 10.1 Å². The molecule has 0 atom stereocenters. The second-order valence-corrected chi connectivity index (χ2v) is 8.04. The van der Waals surface area contributed by atoms with Crippen LogP contribution in [0.3, 0.4) is 0 Å². The number of hydrogen-bond acceptors (Lipinski definition) is 4. The van der Waals surface area contributed by atoms with Crippen LogP contribution in [0.1, 0.15) is 25.0 Å². The van der Waals surface area contributed by atoms with Gasteiger partial charge in [-0.05, 0) is 37.1 Å². The maximum Gasteiger partial charge on any atom is 0.213 e. The highest BCUT2D eigenvalue weighted by atomic mass is 32.2. The van der Waals surface area contributed by atoms with E-state index in [-0.39, 0.29) is 11.9 Å². The lowest BCUT2D eigenvalue weighted by Crippen LogP contribution is -2.31. The van der Waals surface area contributed by atoms with E-state index in [9.17, 15) is 8.42 Å². The summed E-state index contributed by atoms with van der Waals surface area (Å²) in [5.74, 6) is 0.889. The first-order valence-electron chi connectivity index (χ1n) is 8.42. The standard InChI is InChI=1S/C19H26N2O3S/c1-16(2)24-19-10-8-18(9-11-19)14-20-12-13-25(22,23)21-15-17-6-4-3-5-7-17/h3-11,16,20-21H,12-15H2,1-2H3. The SMILES string of the molecule is CC(C)Oc1ccc(CNCCS(=O)(=O)NCc2ccccc2)cc1. The number of hydrogen-bond donors (Lipinski definition) is 2. The summed E-state index contributed by atoms with van der Waals surface area (Å²) in [4.78, 5) is 0. The Morgan fingerprint density at radius 3 is 2.20 bits per heavy atom. The Kier molecular flexibility index (Phi) is 7.43. The number of nitrogens with one attached hydrogen (secondary N) is 2. The molecule has 0 heterocycles. The average Bonchev–Trinajstić information content (AvgIpc) is 2.59. The minimum absolute atomic E-state index is 0.0500. The van der Waals surface area contributed by atoms with Gasteiger partial charge in [-0.2, -0.15) is 0 Å².